The summed E-state index contributed by atoms with van der Waals surface area (Å²) in [4.78, 5) is 12.3. The van der Waals surface area contributed by atoms with Crippen molar-refractivity contribution < 1.29 is 28.2 Å². The molecule has 0 aromatic heterocycles. The fourth-order valence-corrected chi connectivity index (χ4v) is 9.83. The van der Waals surface area contributed by atoms with Gasteiger partial charge in [-0.2, -0.15) is 0 Å². The van der Waals surface area contributed by atoms with Crippen LogP contribution in [0.2, 0.25) is 5.04 Å². The highest BCUT2D eigenvalue weighted by atomic mass is 28.4. The minimum atomic E-state index is -2.83. The fourth-order valence-electron chi connectivity index (χ4n) is 5.24. The van der Waals surface area contributed by atoms with Gasteiger partial charge in [-0.3, -0.25) is 0 Å². The van der Waals surface area contributed by atoms with E-state index >= 15 is 0 Å². The Labute approximate surface area is 234 Å². The van der Waals surface area contributed by atoms with E-state index < -0.39 is 14.4 Å². The van der Waals surface area contributed by atoms with E-state index in [0.29, 0.717) is 18.1 Å². The minimum absolute atomic E-state index is 0.0697. The van der Waals surface area contributed by atoms with Crippen molar-refractivity contribution in [3.63, 3.8) is 0 Å². The number of carbonyl (C=O) groups is 1. The largest absolute Gasteiger partial charge is 0.493 e. The average molecular weight is 551 g/mol. The van der Waals surface area contributed by atoms with Gasteiger partial charge < -0.3 is 28.2 Å². The molecule has 1 unspecified atom stereocenters. The smallest absolute Gasteiger partial charge is 0.261 e. The maximum Gasteiger partial charge on any atom is 0.261 e. The molecule has 0 saturated heterocycles. The standard InChI is InChI=1S/C32H42O6Si/c1-24(21-33)28(31(37-23-34-5)25-18-19-29(35-6)30(20-25)36-7)22-38-39(32(2,3)4,26-14-10-8-11-15-26)27-16-12-9-13-17-27/h8-21,24,28,31H,22-23H2,1-7H3/t24-,28?,31+/m1/s1. The van der Waals surface area contributed by atoms with E-state index in [1.54, 1.807) is 21.3 Å². The molecular formula is C32H42O6Si. The van der Waals surface area contributed by atoms with Gasteiger partial charge in [0.25, 0.3) is 8.32 Å². The Morgan fingerprint density at radius 3 is 1.85 bits per heavy atom. The lowest BCUT2D eigenvalue weighted by atomic mass is 9.86. The molecule has 210 valence electrons. The second-order valence-corrected chi connectivity index (χ2v) is 15.0. The van der Waals surface area contributed by atoms with Gasteiger partial charge >= 0.3 is 0 Å². The van der Waals surface area contributed by atoms with Gasteiger partial charge in [-0.25, -0.2) is 0 Å². The van der Waals surface area contributed by atoms with Crippen molar-refractivity contribution in [1.82, 2.24) is 0 Å². The Balaban J connectivity index is 2.13. The van der Waals surface area contributed by atoms with Crippen LogP contribution in [0.25, 0.3) is 0 Å². The highest BCUT2D eigenvalue weighted by molar-refractivity contribution is 6.99. The Kier molecular flexibility index (Phi) is 10.9. The van der Waals surface area contributed by atoms with Crippen molar-refractivity contribution >= 4 is 25.0 Å². The first-order valence-electron chi connectivity index (χ1n) is 13.3. The third-order valence-electron chi connectivity index (χ3n) is 7.29. The minimum Gasteiger partial charge on any atom is -0.493 e. The molecule has 0 N–H and O–H groups in total. The van der Waals surface area contributed by atoms with Crippen LogP contribution in [0, 0.1) is 11.8 Å². The third kappa shape index (κ3) is 6.79. The average Bonchev–Trinajstić information content (AvgIpc) is 2.96. The summed E-state index contributed by atoms with van der Waals surface area (Å²) in [5, 5.41) is 2.17. The summed E-state index contributed by atoms with van der Waals surface area (Å²) in [6, 6.07) is 26.6. The van der Waals surface area contributed by atoms with Gasteiger partial charge in [-0.05, 0) is 33.1 Å². The number of ether oxygens (including phenoxy) is 4. The van der Waals surface area contributed by atoms with E-state index in [2.05, 4.69) is 69.3 Å². The zero-order chi connectivity index (χ0) is 28.5. The SMILES string of the molecule is COCO[C@@H](c1ccc(OC)c(OC)c1)C(CO[Si](c1ccccc1)(c1ccccc1)C(C)(C)C)[C@H](C)C=O. The first-order chi connectivity index (χ1) is 18.7. The fraction of sp³-hybridized carbons (Fsp3) is 0.406. The van der Waals surface area contributed by atoms with Gasteiger partial charge in [0.05, 0.1) is 20.3 Å². The van der Waals surface area contributed by atoms with E-state index in [4.69, 9.17) is 23.4 Å². The second-order valence-electron chi connectivity index (χ2n) is 10.7. The summed E-state index contributed by atoms with van der Waals surface area (Å²) < 4.78 is 29.8. The van der Waals surface area contributed by atoms with Crippen molar-refractivity contribution in [2.45, 2.75) is 38.8 Å². The molecular weight excluding hydrogens is 508 g/mol. The monoisotopic (exact) mass is 550 g/mol. The number of carbonyl (C=O) groups excluding carboxylic acids is 1. The van der Waals surface area contributed by atoms with Crippen molar-refractivity contribution in [2.75, 3.05) is 34.7 Å². The van der Waals surface area contributed by atoms with Gasteiger partial charge in [0.15, 0.2) is 11.5 Å². The Hall–Kier alpha value is -2.97. The molecule has 0 fully saturated rings. The van der Waals surface area contributed by atoms with Gasteiger partial charge in [0.1, 0.15) is 13.1 Å². The third-order valence-corrected chi connectivity index (χ3v) is 12.3. The number of aldehydes is 1. The molecule has 6 nitrogen and oxygen atoms in total. The van der Waals surface area contributed by atoms with Gasteiger partial charge in [-0.15, -0.1) is 0 Å². The second kappa shape index (κ2) is 13.9. The topological polar surface area (TPSA) is 63.2 Å². The molecule has 39 heavy (non-hydrogen) atoms. The lowest BCUT2D eigenvalue weighted by Gasteiger charge is -2.44. The van der Waals surface area contributed by atoms with E-state index in [0.717, 1.165) is 11.8 Å². The molecule has 0 aliphatic heterocycles. The number of hydrogen-bond acceptors (Lipinski definition) is 6. The summed E-state index contributed by atoms with van der Waals surface area (Å²) in [6.45, 7) is 9.02. The summed E-state index contributed by atoms with van der Waals surface area (Å²) in [5.74, 6) is 0.567. The molecule has 0 spiro atoms. The van der Waals surface area contributed by atoms with Gasteiger partial charge in [0.2, 0.25) is 0 Å². The summed E-state index contributed by atoms with van der Waals surface area (Å²) in [5.41, 5.74) is 0.856. The van der Waals surface area contributed by atoms with Crippen LogP contribution in [-0.4, -0.2) is 49.3 Å². The maximum absolute atomic E-state index is 12.3. The predicted molar refractivity (Wildman–Crippen MR) is 158 cm³/mol. The quantitative estimate of drug-likeness (QED) is 0.152. The molecule has 0 bridgehead atoms. The molecule has 0 heterocycles. The highest BCUT2D eigenvalue weighted by Gasteiger charge is 2.51. The lowest BCUT2D eigenvalue weighted by molar-refractivity contribution is -0.124. The molecule has 0 saturated carbocycles. The molecule has 0 aliphatic carbocycles. The van der Waals surface area contributed by atoms with Gasteiger partial charge in [0, 0.05) is 25.6 Å². The van der Waals surface area contributed by atoms with E-state index in [-0.39, 0.29) is 23.7 Å². The normalized spacial score (nSPS) is 14.3. The van der Waals surface area contributed by atoms with Crippen LogP contribution in [-0.2, 0) is 18.7 Å². The van der Waals surface area contributed by atoms with Crippen LogP contribution in [0.15, 0.2) is 78.9 Å². The van der Waals surface area contributed by atoms with Crippen LogP contribution < -0.4 is 19.8 Å². The van der Waals surface area contributed by atoms with E-state index in [1.807, 2.05) is 37.3 Å². The Bertz CT molecular complexity index is 1120. The molecule has 0 amide bonds. The van der Waals surface area contributed by atoms with Crippen molar-refractivity contribution in [3.8, 4) is 11.5 Å². The van der Waals surface area contributed by atoms with Crippen molar-refractivity contribution in [1.29, 1.82) is 0 Å². The molecule has 3 atom stereocenters. The van der Waals surface area contributed by atoms with Crippen LogP contribution >= 0.6 is 0 Å². The number of hydrogen-bond donors (Lipinski definition) is 0. The number of rotatable bonds is 14. The van der Waals surface area contributed by atoms with Crippen LogP contribution in [0.5, 0.6) is 11.5 Å². The van der Waals surface area contributed by atoms with Crippen molar-refractivity contribution in [2.24, 2.45) is 11.8 Å². The first-order valence-corrected chi connectivity index (χ1v) is 15.2. The van der Waals surface area contributed by atoms with Gasteiger partial charge in [-0.1, -0.05) is 94.4 Å². The molecule has 3 aromatic rings. The van der Waals surface area contributed by atoms with Crippen LogP contribution in [0.3, 0.4) is 0 Å². The zero-order valence-electron chi connectivity index (χ0n) is 24.2. The Morgan fingerprint density at radius 2 is 1.38 bits per heavy atom. The summed E-state index contributed by atoms with van der Waals surface area (Å²) >= 11 is 0. The first kappa shape index (κ1) is 30.6. The Morgan fingerprint density at radius 1 is 0.821 bits per heavy atom. The van der Waals surface area contributed by atoms with Crippen LogP contribution in [0.4, 0.5) is 0 Å². The van der Waals surface area contributed by atoms with Crippen molar-refractivity contribution in [3.05, 3.63) is 84.4 Å². The molecule has 7 heteroatoms. The maximum atomic E-state index is 12.3. The molecule has 0 radical (unpaired) electrons. The van der Waals surface area contributed by atoms with E-state index in [1.165, 1.54) is 10.4 Å². The molecule has 3 aromatic carbocycles. The number of methoxy groups -OCH3 is 3. The summed E-state index contributed by atoms with van der Waals surface area (Å²) in [6.07, 6.45) is 0.492. The van der Waals surface area contributed by atoms with Crippen LogP contribution in [0.1, 0.15) is 39.4 Å². The molecule has 3 rings (SSSR count). The highest BCUT2D eigenvalue weighted by Crippen LogP contribution is 2.40. The molecule has 0 aliphatic rings. The van der Waals surface area contributed by atoms with E-state index in [9.17, 15) is 4.79 Å². The number of benzene rings is 3. The summed E-state index contributed by atoms with van der Waals surface area (Å²) in [7, 11) is 1.96. The lowest BCUT2D eigenvalue weighted by Crippen LogP contribution is -2.67. The predicted octanol–water partition coefficient (Wildman–Crippen LogP) is 5.39. The zero-order valence-corrected chi connectivity index (χ0v) is 25.2.